The van der Waals surface area contributed by atoms with Crippen LogP contribution in [0.5, 0.6) is 0 Å². The minimum atomic E-state index is -0.399. The van der Waals surface area contributed by atoms with Crippen LogP contribution in [0, 0.1) is 6.92 Å². The van der Waals surface area contributed by atoms with Crippen molar-refractivity contribution in [2.45, 2.75) is 65.3 Å². The minimum Gasteiger partial charge on any atom is -0.462 e. The molecule has 0 saturated carbocycles. The van der Waals surface area contributed by atoms with Gasteiger partial charge >= 0.3 is 5.97 Å². The van der Waals surface area contributed by atoms with Gasteiger partial charge in [-0.1, -0.05) is 74.0 Å². The number of anilines is 1. The molecular weight excluding hydrogens is 354 g/mol. The first-order chi connectivity index (χ1) is 13.6. The smallest absolute Gasteiger partial charge is 0.338 e. The Hall–Kier alpha value is -2.70. The van der Waals surface area contributed by atoms with Gasteiger partial charge in [-0.2, -0.15) is 4.68 Å². The van der Waals surface area contributed by atoms with Gasteiger partial charge in [0.15, 0.2) is 0 Å². The van der Waals surface area contributed by atoms with Gasteiger partial charge in [-0.05, 0) is 36.3 Å². The topological polar surface area (TPSA) is 81.9 Å². The van der Waals surface area contributed by atoms with Crippen molar-refractivity contribution in [1.29, 1.82) is 0 Å². The van der Waals surface area contributed by atoms with Gasteiger partial charge in [-0.25, -0.2) is 4.79 Å². The Balaban J connectivity index is 1.72. The van der Waals surface area contributed by atoms with Crippen LogP contribution in [0.2, 0.25) is 0 Å². The fraction of sp³-hybridized carbons (Fsp3) is 0.524. The molecule has 7 nitrogen and oxygen atoms in total. The number of aromatic nitrogens is 4. The first-order valence-corrected chi connectivity index (χ1v) is 10.1. The van der Waals surface area contributed by atoms with Crippen LogP contribution in [-0.4, -0.2) is 32.8 Å². The molecule has 2 aromatic rings. The number of benzene rings is 1. The molecule has 2 heterocycles. The molecule has 0 saturated heterocycles. The molecule has 1 aromatic carbocycles. The van der Waals surface area contributed by atoms with Gasteiger partial charge in [0.2, 0.25) is 5.95 Å². The van der Waals surface area contributed by atoms with Crippen molar-refractivity contribution in [2.75, 3.05) is 11.9 Å². The van der Waals surface area contributed by atoms with Crippen LogP contribution < -0.4 is 5.32 Å². The molecule has 1 N–H and O–H groups in total. The summed E-state index contributed by atoms with van der Waals surface area (Å²) in [5, 5.41) is 15.0. The lowest BCUT2D eigenvalue weighted by atomic mass is 9.95. The van der Waals surface area contributed by atoms with Crippen LogP contribution in [0.3, 0.4) is 0 Å². The van der Waals surface area contributed by atoms with Gasteiger partial charge < -0.3 is 10.1 Å². The number of carbonyl (C=O) groups is 1. The van der Waals surface area contributed by atoms with Crippen LogP contribution in [-0.2, 0) is 9.53 Å². The maximum absolute atomic E-state index is 12.9. The monoisotopic (exact) mass is 383 g/mol. The molecule has 0 spiro atoms. The number of nitrogens with one attached hydrogen (secondary N) is 1. The van der Waals surface area contributed by atoms with E-state index in [2.05, 4.69) is 27.8 Å². The van der Waals surface area contributed by atoms with Crippen molar-refractivity contribution < 1.29 is 9.53 Å². The predicted molar refractivity (Wildman–Crippen MR) is 108 cm³/mol. The average molecular weight is 383 g/mol. The average Bonchev–Trinajstić information content (AvgIpc) is 3.14. The third-order valence-corrected chi connectivity index (χ3v) is 5.06. The Morgan fingerprint density at radius 1 is 1.11 bits per heavy atom. The number of rotatable bonds is 9. The maximum atomic E-state index is 12.9. The van der Waals surface area contributed by atoms with E-state index in [1.165, 1.54) is 25.7 Å². The van der Waals surface area contributed by atoms with E-state index < -0.39 is 6.04 Å². The third kappa shape index (κ3) is 4.58. The van der Waals surface area contributed by atoms with Crippen molar-refractivity contribution in [2.24, 2.45) is 0 Å². The van der Waals surface area contributed by atoms with Crippen molar-refractivity contribution in [3.8, 4) is 0 Å². The van der Waals surface area contributed by atoms with Gasteiger partial charge in [0.25, 0.3) is 0 Å². The number of ether oxygens (including phenoxy) is 1. The van der Waals surface area contributed by atoms with Gasteiger partial charge in [0, 0.05) is 5.70 Å². The number of allylic oxidation sites excluding steroid dienone is 1. The van der Waals surface area contributed by atoms with Gasteiger partial charge in [-0.15, -0.1) is 0 Å². The Kier molecular flexibility index (Phi) is 6.79. The summed E-state index contributed by atoms with van der Waals surface area (Å²) >= 11 is 0. The number of unbranched alkanes of at least 4 members (excludes halogenated alkanes) is 5. The van der Waals surface area contributed by atoms with Crippen molar-refractivity contribution in [3.05, 3.63) is 46.7 Å². The second-order valence-electron chi connectivity index (χ2n) is 7.33. The third-order valence-electron chi connectivity index (χ3n) is 5.06. The lowest BCUT2D eigenvalue weighted by Crippen LogP contribution is -2.29. The molecule has 0 amide bonds. The zero-order valence-corrected chi connectivity index (χ0v) is 16.9. The minimum absolute atomic E-state index is 0.315. The van der Waals surface area contributed by atoms with Crippen molar-refractivity contribution in [1.82, 2.24) is 20.2 Å². The zero-order chi connectivity index (χ0) is 19.9. The SMILES string of the molecule is CCCCCCCCOC(=O)C1=C(C)Nc2nnnn2C1c1ccc(C)cc1. The molecule has 7 heteroatoms. The van der Waals surface area contributed by atoms with E-state index in [0.29, 0.717) is 18.1 Å². The Morgan fingerprint density at radius 3 is 2.57 bits per heavy atom. The summed E-state index contributed by atoms with van der Waals surface area (Å²) in [6.45, 7) is 6.54. The lowest BCUT2D eigenvalue weighted by molar-refractivity contribution is -0.139. The highest BCUT2D eigenvalue weighted by atomic mass is 16.5. The first kappa shape index (κ1) is 20.0. The molecule has 1 atom stereocenters. The van der Waals surface area contributed by atoms with E-state index in [9.17, 15) is 4.79 Å². The highest BCUT2D eigenvalue weighted by molar-refractivity contribution is 5.92. The molecule has 0 bridgehead atoms. The Bertz CT molecular complexity index is 826. The summed E-state index contributed by atoms with van der Waals surface area (Å²) in [5.74, 6) is 0.209. The van der Waals surface area contributed by atoms with E-state index >= 15 is 0 Å². The van der Waals surface area contributed by atoms with Crippen LogP contribution in [0.25, 0.3) is 0 Å². The number of esters is 1. The quantitative estimate of drug-likeness (QED) is 0.517. The van der Waals surface area contributed by atoms with E-state index in [1.807, 2.05) is 38.1 Å². The lowest BCUT2D eigenvalue weighted by Gasteiger charge is -2.27. The van der Waals surface area contributed by atoms with E-state index in [0.717, 1.165) is 29.7 Å². The van der Waals surface area contributed by atoms with Crippen LogP contribution in [0.15, 0.2) is 35.5 Å². The summed E-state index contributed by atoms with van der Waals surface area (Å²) < 4.78 is 7.24. The summed E-state index contributed by atoms with van der Waals surface area (Å²) in [4.78, 5) is 12.9. The first-order valence-electron chi connectivity index (χ1n) is 10.1. The van der Waals surface area contributed by atoms with Gasteiger partial charge in [0.1, 0.15) is 6.04 Å². The second-order valence-corrected chi connectivity index (χ2v) is 7.33. The summed E-state index contributed by atoms with van der Waals surface area (Å²) in [6.07, 6.45) is 6.91. The number of nitrogens with zero attached hydrogens (tertiary/aromatic N) is 4. The summed E-state index contributed by atoms with van der Waals surface area (Å²) in [7, 11) is 0. The predicted octanol–water partition coefficient (Wildman–Crippen LogP) is 4.17. The second kappa shape index (κ2) is 9.48. The largest absolute Gasteiger partial charge is 0.462 e. The molecule has 0 fully saturated rings. The standard InChI is InChI=1S/C21H29N5O2/c1-4-5-6-7-8-9-14-28-20(27)18-16(3)22-21-23-24-25-26(21)19(18)17-12-10-15(2)11-13-17/h10-13,19H,4-9,14H2,1-3H3,(H,22,23,25). The molecule has 1 aliphatic heterocycles. The molecule has 28 heavy (non-hydrogen) atoms. The van der Waals surface area contributed by atoms with Crippen LogP contribution in [0.4, 0.5) is 5.95 Å². The number of aryl methyl sites for hydroxylation is 1. The van der Waals surface area contributed by atoms with Crippen molar-refractivity contribution >= 4 is 11.9 Å². The van der Waals surface area contributed by atoms with E-state index in [-0.39, 0.29) is 5.97 Å². The number of fused-ring (bicyclic) bond motifs is 1. The molecule has 3 rings (SSSR count). The van der Waals surface area contributed by atoms with E-state index in [4.69, 9.17) is 4.74 Å². The highest BCUT2D eigenvalue weighted by Gasteiger charge is 2.34. The number of hydrogen-bond acceptors (Lipinski definition) is 6. The summed E-state index contributed by atoms with van der Waals surface area (Å²) in [5.41, 5.74) is 3.38. The molecule has 1 aromatic heterocycles. The van der Waals surface area contributed by atoms with Gasteiger partial charge in [0.05, 0.1) is 12.2 Å². The molecule has 0 aliphatic carbocycles. The fourth-order valence-electron chi connectivity index (χ4n) is 3.46. The number of hydrogen-bond donors (Lipinski definition) is 1. The van der Waals surface area contributed by atoms with Crippen molar-refractivity contribution in [3.63, 3.8) is 0 Å². The molecule has 1 aliphatic rings. The summed E-state index contributed by atoms with van der Waals surface area (Å²) in [6, 6.07) is 7.66. The fourth-order valence-corrected chi connectivity index (χ4v) is 3.46. The zero-order valence-electron chi connectivity index (χ0n) is 16.9. The highest BCUT2D eigenvalue weighted by Crippen LogP contribution is 2.34. The van der Waals surface area contributed by atoms with Crippen LogP contribution >= 0.6 is 0 Å². The molecule has 150 valence electrons. The van der Waals surface area contributed by atoms with Crippen LogP contribution in [0.1, 0.15) is 69.5 Å². The number of tetrazole rings is 1. The Morgan fingerprint density at radius 2 is 1.82 bits per heavy atom. The number of carbonyl (C=O) groups excluding carboxylic acids is 1. The van der Waals surface area contributed by atoms with E-state index in [1.54, 1.807) is 4.68 Å². The molecule has 1 unspecified atom stereocenters. The normalized spacial score (nSPS) is 15.9. The maximum Gasteiger partial charge on any atom is 0.338 e. The molecular formula is C21H29N5O2. The molecule has 0 radical (unpaired) electrons. The Labute approximate surface area is 166 Å². The van der Waals surface area contributed by atoms with Gasteiger partial charge in [-0.3, -0.25) is 0 Å².